The third kappa shape index (κ3) is 5.07. The summed E-state index contributed by atoms with van der Waals surface area (Å²) < 4.78 is 39.1. The first-order valence-electron chi connectivity index (χ1n) is 7.22. The fourth-order valence-electron chi connectivity index (χ4n) is 1.92. The topological polar surface area (TPSA) is 101 Å². The number of carbonyl (C=O) groups excluding carboxylic acids is 1. The Morgan fingerprint density at radius 2 is 2.04 bits per heavy atom. The molecule has 0 spiro atoms. The number of hydrogen-bond acceptors (Lipinski definition) is 5. The van der Waals surface area contributed by atoms with Crippen LogP contribution in [0.3, 0.4) is 0 Å². The van der Waals surface area contributed by atoms with Crippen molar-refractivity contribution in [3.8, 4) is 0 Å². The van der Waals surface area contributed by atoms with E-state index in [0.29, 0.717) is 12.1 Å². The number of halogens is 1. The van der Waals surface area contributed by atoms with Gasteiger partial charge in [0.05, 0.1) is 10.6 Å². The third-order valence-electron chi connectivity index (χ3n) is 3.08. The lowest BCUT2D eigenvalue weighted by Gasteiger charge is -2.08. The summed E-state index contributed by atoms with van der Waals surface area (Å²) in [6, 6.07) is 5.56. The first kappa shape index (κ1) is 18.0. The second kappa shape index (κ2) is 8.46. The molecule has 0 bridgehead atoms. The predicted octanol–water partition coefficient (Wildman–Crippen LogP) is 0.697. The highest BCUT2D eigenvalue weighted by atomic mass is 32.2. The van der Waals surface area contributed by atoms with E-state index in [1.54, 1.807) is 6.20 Å². The summed E-state index contributed by atoms with van der Waals surface area (Å²) >= 11 is 0. The van der Waals surface area contributed by atoms with Gasteiger partial charge in [-0.15, -0.1) is 0 Å². The molecule has 0 radical (unpaired) electrons. The van der Waals surface area contributed by atoms with Crippen molar-refractivity contribution in [2.75, 3.05) is 19.8 Å². The zero-order valence-electron chi connectivity index (χ0n) is 12.8. The number of hydrogen-bond donors (Lipinski definition) is 2. The van der Waals surface area contributed by atoms with E-state index in [9.17, 15) is 17.6 Å². The van der Waals surface area contributed by atoms with Gasteiger partial charge >= 0.3 is 0 Å². The van der Waals surface area contributed by atoms with Gasteiger partial charge in [-0.05, 0) is 18.2 Å². The van der Waals surface area contributed by atoms with Gasteiger partial charge in [-0.1, -0.05) is 6.07 Å². The Balaban J connectivity index is 2.02. The fourth-order valence-corrected chi connectivity index (χ4v) is 3.00. The molecule has 0 unspecified atom stereocenters. The summed E-state index contributed by atoms with van der Waals surface area (Å²) in [6.07, 6.45) is 5.02. The van der Waals surface area contributed by atoms with Gasteiger partial charge in [0.1, 0.15) is 6.67 Å². The molecule has 1 amide bonds. The Kier molecular flexibility index (Phi) is 6.33. The van der Waals surface area contributed by atoms with E-state index in [-0.39, 0.29) is 23.5 Å². The number of amides is 1. The highest BCUT2D eigenvalue weighted by molar-refractivity contribution is 7.89. The van der Waals surface area contributed by atoms with E-state index >= 15 is 0 Å². The maximum absolute atomic E-state index is 12.3. The summed E-state index contributed by atoms with van der Waals surface area (Å²) in [5, 5.41) is 2.35. The molecular weight excluding hydrogens is 335 g/mol. The molecule has 0 aliphatic carbocycles. The van der Waals surface area contributed by atoms with Gasteiger partial charge in [0, 0.05) is 43.7 Å². The molecule has 9 heteroatoms. The van der Waals surface area contributed by atoms with Crippen molar-refractivity contribution in [2.24, 2.45) is 0 Å². The lowest BCUT2D eigenvalue weighted by molar-refractivity contribution is 0.0950. The molecule has 0 aliphatic rings. The zero-order chi connectivity index (χ0) is 17.4. The summed E-state index contributed by atoms with van der Waals surface area (Å²) in [5.41, 5.74) is 0.819. The predicted molar refractivity (Wildman–Crippen MR) is 85.7 cm³/mol. The number of aromatic nitrogens is 2. The number of nitrogens with zero attached hydrogens (tertiary/aromatic N) is 2. The van der Waals surface area contributed by atoms with Crippen LogP contribution in [0.15, 0.2) is 47.8 Å². The van der Waals surface area contributed by atoms with Crippen molar-refractivity contribution in [3.63, 3.8) is 0 Å². The molecule has 0 atom stereocenters. The first-order valence-corrected chi connectivity index (χ1v) is 8.70. The van der Waals surface area contributed by atoms with Gasteiger partial charge < -0.3 is 5.32 Å². The summed E-state index contributed by atoms with van der Waals surface area (Å²) in [7, 11) is -3.76. The van der Waals surface area contributed by atoms with Crippen LogP contribution in [0.5, 0.6) is 0 Å². The average molecular weight is 352 g/mol. The number of alkyl halides is 1. The van der Waals surface area contributed by atoms with Crippen LogP contribution < -0.4 is 10.0 Å². The maximum atomic E-state index is 12.3. The number of sulfonamides is 1. The molecule has 2 rings (SSSR count). The summed E-state index contributed by atoms with van der Waals surface area (Å²) in [6.45, 7) is -0.654. The van der Waals surface area contributed by atoms with E-state index in [0.717, 1.165) is 0 Å². The average Bonchev–Trinajstić information content (AvgIpc) is 2.60. The summed E-state index contributed by atoms with van der Waals surface area (Å²) in [5.74, 6) is -0.524. The SMILES string of the molecule is O=C(NCCF)c1cccc(S(=O)(=O)NCCc2cnccn2)c1. The van der Waals surface area contributed by atoms with Gasteiger partial charge in [0.15, 0.2) is 0 Å². The van der Waals surface area contributed by atoms with Crippen molar-refractivity contribution in [1.29, 1.82) is 0 Å². The Morgan fingerprint density at radius 1 is 1.21 bits per heavy atom. The molecular formula is C15H17FN4O3S. The largest absolute Gasteiger partial charge is 0.349 e. The molecule has 0 fully saturated rings. The Bertz CT molecular complexity index is 784. The standard InChI is InChI=1S/C15H17FN4O3S/c16-5-7-19-15(21)12-2-1-3-14(10-12)24(22,23)20-6-4-13-11-17-8-9-18-13/h1-3,8-11,20H,4-7H2,(H,19,21). The van der Waals surface area contributed by atoms with Crippen LogP contribution in [0.25, 0.3) is 0 Å². The van der Waals surface area contributed by atoms with Gasteiger partial charge in [0.25, 0.3) is 5.91 Å². The molecule has 0 saturated heterocycles. The number of nitrogens with one attached hydrogen (secondary N) is 2. The van der Waals surface area contributed by atoms with E-state index < -0.39 is 22.6 Å². The maximum Gasteiger partial charge on any atom is 0.251 e. The quantitative estimate of drug-likeness (QED) is 0.728. The molecule has 128 valence electrons. The number of carbonyl (C=O) groups is 1. The van der Waals surface area contributed by atoms with Gasteiger partial charge in [-0.3, -0.25) is 14.8 Å². The molecule has 2 N–H and O–H groups in total. The fraction of sp³-hybridized carbons (Fsp3) is 0.267. The van der Waals surface area contributed by atoms with Crippen LogP contribution in [-0.2, 0) is 16.4 Å². The van der Waals surface area contributed by atoms with Crippen molar-refractivity contribution >= 4 is 15.9 Å². The second-order valence-electron chi connectivity index (χ2n) is 4.82. The van der Waals surface area contributed by atoms with Gasteiger partial charge in [-0.2, -0.15) is 0 Å². The van der Waals surface area contributed by atoms with Crippen LogP contribution in [0.4, 0.5) is 4.39 Å². The second-order valence-corrected chi connectivity index (χ2v) is 6.58. The third-order valence-corrected chi connectivity index (χ3v) is 4.54. The molecule has 0 saturated carbocycles. The number of rotatable bonds is 8. The Labute approximate surface area is 139 Å². The van der Waals surface area contributed by atoms with Crippen molar-refractivity contribution < 1.29 is 17.6 Å². The van der Waals surface area contributed by atoms with Gasteiger partial charge in [0.2, 0.25) is 10.0 Å². The molecule has 0 aliphatic heterocycles. The minimum Gasteiger partial charge on any atom is -0.349 e. The van der Waals surface area contributed by atoms with Gasteiger partial charge in [-0.25, -0.2) is 17.5 Å². The van der Waals surface area contributed by atoms with E-state index in [2.05, 4.69) is 20.0 Å². The zero-order valence-corrected chi connectivity index (χ0v) is 13.6. The minimum atomic E-state index is -3.76. The van der Waals surface area contributed by atoms with Crippen molar-refractivity contribution in [3.05, 3.63) is 54.1 Å². The Morgan fingerprint density at radius 3 is 2.75 bits per heavy atom. The van der Waals surface area contributed by atoms with E-state index in [1.165, 1.54) is 36.7 Å². The molecule has 1 heterocycles. The Hall–Kier alpha value is -2.39. The smallest absolute Gasteiger partial charge is 0.251 e. The monoisotopic (exact) mass is 352 g/mol. The van der Waals surface area contributed by atoms with Crippen LogP contribution in [0, 0.1) is 0 Å². The minimum absolute atomic E-state index is 0.0328. The highest BCUT2D eigenvalue weighted by Gasteiger charge is 2.16. The van der Waals surface area contributed by atoms with Crippen molar-refractivity contribution in [2.45, 2.75) is 11.3 Å². The first-order chi connectivity index (χ1) is 11.5. The lowest BCUT2D eigenvalue weighted by Crippen LogP contribution is -2.28. The molecule has 24 heavy (non-hydrogen) atoms. The molecule has 2 aromatic rings. The van der Waals surface area contributed by atoms with Crippen LogP contribution >= 0.6 is 0 Å². The highest BCUT2D eigenvalue weighted by Crippen LogP contribution is 2.11. The van der Waals surface area contributed by atoms with Crippen LogP contribution in [0.2, 0.25) is 0 Å². The molecule has 1 aromatic carbocycles. The van der Waals surface area contributed by atoms with Crippen LogP contribution in [-0.4, -0.2) is 44.1 Å². The molecule has 7 nitrogen and oxygen atoms in total. The normalized spacial score (nSPS) is 11.2. The van der Waals surface area contributed by atoms with E-state index in [4.69, 9.17) is 0 Å². The lowest BCUT2D eigenvalue weighted by atomic mass is 10.2. The van der Waals surface area contributed by atoms with E-state index in [1.807, 2.05) is 0 Å². The van der Waals surface area contributed by atoms with Crippen molar-refractivity contribution in [1.82, 2.24) is 20.0 Å². The molecule has 1 aromatic heterocycles. The van der Waals surface area contributed by atoms with Crippen LogP contribution in [0.1, 0.15) is 16.1 Å². The summed E-state index contributed by atoms with van der Waals surface area (Å²) in [4.78, 5) is 19.7. The number of benzene rings is 1.